The van der Waals surface area contributed by atoms with Crippen LogP contribution in [-0.2, 0) is 21.2 Å². The average Bonchev–Trinajstić information content (AvgIpc) is 3.47. The van der Waals surface area contributed by atoms with E-state index >= 15 is 0 Å². The minimum Gasteiger partial charge on any atom is -0.343 e. The van der Waals surface area contributed by atoms with E-state index in [4.69, 9.17) is 4.98 Å². The van der Waals surface area contributed by atoms with Crippen molar-refractivity contribution in [2.24, 2.45) is 0 Å². The number of para-hydroxylation sites is 1. The Balaban J connectivity index is 1.21. The molecule has 5 rings (SSSR count). The molecule has 1 amide bonds. The molecule has 2 fully saturated rings. The molecule has 1 aliphatic heterocycles. The molecule has 0 bridgehead atoms. The molecule has 0 unspecified atom stereocenters. The van der Waals surface area contributed by atoms with E-state index in [1.165, 1.54) is 11.3 Å². The van der Waals surface area contributed by atoms with Crippen molar-refractivity contribution in [2.75, 3.05) is 13.1 Å². The Morgan fingerprint density at radius 2 is 1.85 bits per heavy atom. The number of likely N-dealkylation sites (tertiary alicyclic amines) is 1. The summed E-state index contributed by atoms with van der Waals surface area (Å²) in [5.74, 6) is 0.687. The third-order valence-electron chi connectivity index (χ3n) is 6.28. The van der Waals surface area contributed by atoms with Crippen LogP contribution in [0.25, 0.3) is 10.9 Å². The number of nitrogens with zero attached hydrogens (tertiary/aromatic N) is 3. The monoisotopic (exact) mass is 486 g/mol. The first kappa shape index (κ1) is 22.2. The van der Waals surface area contributed by atoms with Crippen molar-refractivity contribution in [3.8, 4) is 0 Å². The van der Waals surface area contributed by atoms with Crippen molar-refractivity contribution in [3.63, 3.8) is 0 Å². The van der Waals surface area contributed by atoms with Crippen molar-refractivity contribution in [3.05, 3.63) is 58.0 Å². The molecule has 33 heavy (non-hydrogen) atoms. The van der Waals surface area contributed by atoms with Crippen LogP contribution in [0.4, 0.5) is 0 Å². The smallest absolute Gasteiger partial charge is 0.261 e. The molecule has 0 radical (unpaired) electrons. The molecular weight excluding hydrogens is 460 g/mol. The lowest BCUT2D eigenvalue weighted by Crippen LogP contribution is -2.46. The Morgan fingerprint density at radius 1 is 1.09 bits per heavy atom. The summed E-state index contributed by atoms with van der Waals surface area (Å²) in [4.78, 5) is 32.3. The van der Waals surface area contributed by atoms with Gasteiger partial charge in [0.2, 0.25) is 15.9 Å². The molecule has 3 aromatic rings. The van der Waals surface area contributed by atoms with E-state index in [-0.39, 0.29) is 30.0 Å². The number of aromatic nitrogens is 2. The molecule has 2 aromatic heterocycles. The van der Waals surface area contributed by atoms with Crippen LogP contribution in [0, 0.1) is 0 Å². The van der Waals surface area contributed by atoms with Crippen LogP contribution in [0.2, 0.25) is 0 Å². The normalized spacial score (nSPS) is 17.5. The number of hydrogen-bond acceptors (Lipinski definition) is 6. The summed E-state index contributed by atoms with van der Waals surface area (Å²) in [6.45, 7) is 1.02. The van der Waals surface area contributed by atoms with E-state index in [1.807, 2.05) is 18.2 Å². The molecule has 1 N–H and O–H groups in total. The van der Waals surface area contributed by atoms with E-state index in [0.717, 1.165) is 12.8 Å². The highest BCUT2D eigenvalue weighted by Gasteiger charge is 2.30. The number of nitrogens with one attached hydrogen (secondary N) is 1. The Labute approximate surface area is 196 Å². The first-order valence-electron chi connectivity index (χ1n) is 11.3. The fraction of sp³-hybridized carbons (Fsp3) is 0.435. The lowest BCUT2D eigenvalue weighted by molar-refractivity contribution is -0.132. The average molecular weight is 487 g/mol. The molecule has 3 heterocycles. The quantitative estimate of drug-likeness (QED) is 0.553. The molecule has 0 atom stereocenters. The zero-order valence-electron chi connectivity index (χ0n) is 18.1. The topological polar surface area (TPSA) is 101 Å². The van der Waals surface area contributed by atoms with Gasteiger partial charge in [0.05, 0.1) is 10.9 Å². The SMILES string of the molecule is O=C(CCc1nc2ccccc2c(=O)n1C1CC1)N1CCC(NS(=O)(=O)c2cccs2)CC1. The third kappa shape index (κ3) is 4.73. The summed E-state index contributed by atoms with van der Waals surface area (Å²) in [5, 5.41) is 2.36. The number of carbonyl (C=O) groups is 1. The molecule has 1 aromatic carbocycles. The number of aryl methyl sites for hydroxylation is 1. The van der Waals surface area contributed by atoms with Gasteiger partial charge in [-0.05, 0) is 49.3 Å². The van der Waals surface area contributed by atoms with Gasteiger partial charge < -0.3 is 4.90 Å². The summed E-state index contributed by atoms with van der Waals surface area (Å²) in [7, 11) is -3.51. The predicted molar refractivity (Wildman–Crippen MR) is 127 cm³/mol. The van der Waals surface area contributed by atoms with Gasteiger partial charge in [0.1, 0.15) is 10.0 Å². The summed E-state index contributed by atoms with van der Waals surface area (Å²) >= 11 is 1.19. The first-order chi connectivity index (χ1) is 15.9. The molecule has 8 nitrogen and oxygen atoms in total. The maximum absolute atomic E-state index is 13.0. The number of rotatable bonds is 7. The lowest BCUT2D eigenvalue weighted by atomic mass is 10.1. The maximum Gasteiger partial charge on any atom is 0.261 e. The Bertz CT molecular complexity index is 1320. The van der Waals surface area contributed by atoms with Gasteiger partial charge in [-0.2, -0.15) is 0 Å². The number of piperidine rings is 1. The van der Waals surface area contributed by atoms with Crippen LogP contribution in [-0.4, -0.2) is 47.9 Å². The summed E-state index contributed by atoms with van der Waals surface area (Å²) in [5.41, 5.74) is 0.644. The molecule has 1 saturated carbocycles. The van der Waals surface area contributed by atoms with Gasteiger partial charge >= 0.3 is 0 Å². The van der Waals surface area contributed by atoms with Gasteiger partial charge in [-0.3, -0.25) is 14.2 Å². The standard InChI is InChI=1S/C23H26N4O4S2/c28-21(26-13-11-16(12-14-26)25-33(30,31)22-6-3-15-32-22)10-9-20-24-19-5-2-1-4-18(19)23(29)27(20)17-7-8-17/h1-6,15-17,25H,7-14H2. The second-order valence-electron chi connectivity index (χ2n) is 8.66. The van der Waals surface area contributed by atoms with Crippen molar-refractivity contribution >= 4 is 38.2 Å². The number of sulfonamides is 1. The van der Waals surface area contributed by atoms with E-state index in [0.29, 0.717) is 53.3 Å². The fourth-order valence-electron chi connectivity index (χ4n) is 4.40. The predicted octanol–water partition coefficient (Wildman–Crippen LogP) is 2.70. The zero-order chi connectivity index (χ0) is 23.0. The van der Waals surface area contributed by atoms with Crippen molar-refractivity contribution < 1.29 is 13.2 Å². The Hall–Kier alpha value is -2.56. The van der Waals surface area contributed by atoms with E-state index < -0.39 is 10.0 Å². The molecule has 10 heteroatoms. The number of hydrogen-bond donors (Lipinski definition) is 1. The van der Waals surface area contributed by atoms with Crippen LogP contribution in [0.3, 0.4) is 0 Å². The van der Waals surface area contributed by atoms with Crippen LogP contribution < -0.4 is 10.3 Å². The molecule has 0 spiro atoms. The minimum absolute atomic E-state index is 0.0133. The third-order valence-corrected chi connectivity index (χ3v) is 9.20. The van der Waals surface area contributed by atoms with Crippen LogP contribution in [0.15, 0.2) is 50.8 Å². The molecule has 1 saturated heterocycles. The van der Waals surface area contributed by atoms with E-state index in [2.05, 4.69) is 4.72 Å². The first-order valence-corrected chi connectivity index (χ1v) is 13.6. The van der Waals surface area contributed by atoms with Gasteiger partial charge in [-0.15, -0.1) is 11.3 Å². The van der Waals surface area contributed by atoms with E-state index in [1.54, 1.807) is 33.0 Å². The molecule has 174 valence electrons. The summed E-state index contributed by atoms with van der Waals surface area (Å²) in [6, 6.07) is 10.7. The van der Waals surface area contributed by atoms with Gasteiger partial charge in [0.25, 0.3) is 5.56 Å². The van der Waals surface area contributed by atoms with Gasteiger partial charge in [-0.25, -0.2) is 18.1 Å². The number of carbonyl (C=O) groups excluding carboxylic acids is 1. The van der Waals surface area contributed by atoms with Crippen LogP contribution in [0.5, 0.6) is 0 Å². The van der Waals surface area contributed by atoms with E-state index in [9.17, 15) is 18.0 Å². The highest BCUT2D eigenvalue weighted by molar-refractivity contribution is 7.91. The van der Waals surface area contributed by atoms with Crippen molar-refractivity contribution in [2.45, 2.75) is 54.8 Å². The maximum atomic E-state index is 13.0. The number of fused-ring (bicyclic) bond motifs is 1. The number of amides is 1. The van der Waals surface area contributed by atoms with Crippen molar-refractivity contribution in [1.29, 1.82) is 0 Å². The second kappa shape index (κ2) is 9.00. The Kier molecular flexibility index (Phi) is 6.07. The highest BCUT2D eigenvalue weighted by Crippen LogP contribution is 2.35. The molecule has 2 aliphatic rings. The fourth-order valence-corrected chi connectivity index (χ4v) is 6.71. The van der Waals surface area contributed by atoms with Crippen molar-refractivity contribution in [1.82, 2.24) is 19.2 Å². The second-order valence-corrected chi connectivity index (χ2v) is 11.5. The van der Waals surface area contributed by atoms with Crippen LogP contribution in [0.1, 0.15) is 44.0 Å². The summed E-state index contributed by atoms with van der Waals surface area (Å²) < 4.78 is 29.7. The number of thiophene rings is 1. The largest absolute Gasteiger partial charge is 0.343 e. The Morgan fingerprint density at radius 3 is 2.55 bits per heavy atom. The van der Waals surface area contributed by atoms with Crippen LogP contribution >= 0.6 is 11.3 Å². The zero-order valence-corrected chi connectivity index (χ0v) is 19.8. The molecule has 1 aliphatic carbocycles. The van der Waals surface area contributed by atoms with Gasteiger partial charge in [-0.1, -0.05) is 18.2 Å². The summed E-state index contributed by atoms with van der Waals surface area (Å²) in [6.07, 6.45) is 3.80. The highest BCUT2D eigenvalue weighted by atomic mass is 32.2. The number of benzene rings is 1. The minimum atomic E-state index is -3.51. The lowest BCUT2D eigenvalue weighted by Gasteiger charge is -2.32. The van der Waals surface area contributed by atoms with Gasteiger partial charge in [0.15, 0.2) is 0 Å². The molecular formula is C23H26N4O4S2. The van der Waals surface area contributed by atoms with Gasteiger partial charge in [0, 0.05) is 38.0 Å².